The van der Waals surface area contributed by atoms with E-state index in [-0.39, 0.29) is 0 Å². The molecule has 30 heavy (non-hydrogen) atoms. The summed E-state index contributed by atoms with van der Waals surface area (Å²) in [6, 6.07) is 0. The Hall–Kier alpha value is -1.30. The molecule has 0 saturated carbocycles. The zero-order valence-corrected chi connectivity index (χ0v) is 21.4. The van der Waals surface area contributed by atoms with Crippen molar-refractivity contribution in [2.75, 3.05) is 0 Å². The summed E-state index contributed by atoms with van der Waals surface area (Å²) in [5, 5.41) is 0. The molecular weight excluding hydrogens is 360 g/mol. The number of rotatable bonds is 13. The fraction of sp³-hybridized carbons (Fsp3) is 0.667. The van der Waals surface area contributed by atoms with Gasteiger partial charge in [0.15, 0.2) is 0 Å². The zero-order chi connectivity index (χ0) is 22.4. The van der Waals surface area contributed by atoms with Gasteiger partial charge in [0.1, 0.15) is 0 Å². The molecule has 1 aliphatic carbocycles. The van der Waals surface area contributed by atoms with Crippen LogP contribution in [0.15, 0.2) is 58.2 Å². The van der Waals surface area contributed by atoms with Gasteiger partial charge in [0, 0.05) is 0 Å². The molecule has 0 aromatic carbocycles. The minimum atomic E-state index is 0.545. The molecule has 0 aromatic rings. The predicted molar refractivity (Wildman–Crippen MR) is 138 cm³/mol. The summed E-state index contributed by atoms with van der Waals surface area (Å²) >= 11 is 0. The Morgan fingerprint density at radius 3 is 1.90 bits per heavy atom. The molecule has 0 radical (unpaired) electrons. The van der Waals surface area contributed by atoms with E-state index in [9.17, 15) is 0 Å². The second-order valence-electron chi connectivity index (χ2n) is 10.2. The van der Waals surface area contributed by atoms with Crippen LogP contribution in [0.3, 0.4) is 0 Å². The molecule has 0 N–H and O–H groups in total. The van der Waals surface area contributed by atoms with E-state index < -0.39 is 0 Å². The van der Waals surface area contributed by atoms with Crippen molar-refractivity contribution < 1.29 is 0 Å². The van der Waals surface area contributed by atoms with Crippen LogP contribution < -0.4 is 0 Å². The van der Waals surface area contributed by atoms with Crippen molar-refractivity contribution in [3.8, 4) is 0 Å². The fourth-order valence-corrected chi connectivity index (χ4v) is 4.62. The zero-order valence-electron chi connectivity index (χ0n) is 21.4. The number of hydrogen-bond donors (Lipinski definition) is 0. The lowest BCUT2D eigenvalue weighted by Crippen LogP contribution is -2.23. The van der Waals surface area contributed by atoms with Gasteiger partial charge in [-0.3, -0.25) is 0 Å². The molecule has 0 saturated heterocycles. The fourth-order valence-electron chi connectivity index (χ4n) is 4.62. The molecule has 1 rings (SSSR count). The molecule has 1 unspecified atom stereocenters. The van der Waals surface area contributed by atoms with Crippen LogP contribution in [0, 0.1) is 5.41 Å². The first kappa shape index (κ1) is 26.7. The topological polar surface area (TPSA) is 0 Å². The lowest BCUT2D eigenvalue weighted by Gasteiger charge is -2.37. The molecule has 0 nitrogen and oxygen atoms in total. The van der Waals surface area contributed by atoms with E-state index in [0.29, 0.717) is 5.41 Å². The van der Waals surface area contributed by atoms with E-state index in [2.05, 4.69) is 78.8 Å². The largest absolute Gasteiger partial charge is 0.0856 e. The van der Waals surface area contributed by atoms with Crippen molar-refractivity contribution in [1.29, 1.82) is 0 Å². The normalized spacial score (nSPS) is 20.0. The van der Waals surface area contributed by atoms with Gasteiger partial charge < -0.3 is 0 Å². The highest BCUT2D eigenvalue weighted by atomic mass is 14.3. The van der Waals surface area contributed by atoms with E-state index in [0.717, 1.165) is 0 Å². The van der Waals surface area contributed by atoms with Crippen molar-refractivity contribution in [2.24, 2.45) is 5.41 Å². The summed E-state index contributed by atoms with van der Waals surface area (Å²) < 4.78 is 0. The van der Waals surface area contributed by atoms with Crippen molar-refractivity contribution >= 4 is 0 Å². The first-order valence-corrected chi connectivity index (χ1v) is 12.5. The Kier molecular flexibility index (Phi) is 13.1. The SMILES string of the molecule is CCC1(CC/C=C(\C)CCC=C(C)C)CCC=C(CC/C=C(\C)CCC=C(C)C)C1. The minimum absolute atomic E-state index is 0.545. The average Bonchev–Trinajstić information content (AvgIpc) is 2.67. The van der Waals surface area contributed by atoms with Gasteiger partial charge >= 0.3 is 0 Å². The van der Waals surface area contributed by atoms with Crippen LogP contribution in [-0.4, -0.2) is 0 Å². The Morgan fingerprint density at radius 2 is 1.37 bits per heavy atom. The standard InChI is InChI=1S/C30H50/c1-8-30(22-12-19-28(7)17-10-15-26(4)5)23-13-21-29(24-30)20-11-18-27(6)16-9-14-25(2)3/h14-15,18-19,21H,8-13,16-17,20,22-24H2,1-7H3/b27-18+,28-19+. The first-order valence-electron chi connectivity index (χ1n) is 12.5. The minimum Gasteiger partial charge on any atom is -0.0856 e. The highest BCUT2D eigenvalue weighted by molar-refractivity contribution is 5.13. The van der Waals surface area contributed by atoms with E-state index in [1.807, 2.05) is 0 Å². The maximum absolute atomic E-state index is 2.56. The molecule has 0 heterocycles. The summed E-state index contributed by atoms with van der Waals surface area (Å²) in [5.74, 6) is 0. The maximum Gasteiger partial charge on any atom is -0.0257 e. The first-order chi connectivity index (χ1) is 14.3. The van der Waals surface area contributed by atoms with Crippen molar-refractivity contribution in [3.05, 3.63) is 58.2 Å². The number of hydrogen-bond acceptors (Lipinski definition) is 0. The predicted octanol–water partition coefficient (Wildman–Crippen LogP) is 10.4. The van der Waals surface area contributed by atoms with E-state index >= 15 is 0 Å². The summed E-state index contributed by atoms with van der Waals surface area (Å²) in [5.41, 5.74) is 8.26. The summed E-state index contributed by atoms with van der Waals surface area (Å²) in [4.78, 5) is 0. The van der Waals surface area contributed by atoms with Crippen molar-refractivity contribution in [2.45, 2.75) is 126 Å². The Labute approximate surface area is 189 Å². The quantitative estimate of drug-likeness (QED) is 0.265. The number of allylic oxidation sites excluding steroid dienone is 10. The third kappa shape index (κ3) is 11.8. The second-order valence-corrected chi connectivity index (χ2v) is 10.2. The van der Waals surface area contributed by atoms with Crippen molar-refractivity contribution in [1.82, 2.24) is 0 Å². The molecule has 0 aliphatic heterocycles. The van der Waals surface area contributed by atoms with E-state index in [1.54, 1.807) is 16.7 Å². The third-order valence-electron chi connectivity index (χ3n) is 6.77. The molecule has 0 aromatic heterocycles. The Balaban J connectivity index is 2.48. The van der Waals surface area contributed by atoms with E-state index in [1.165, 1.54) is 88.2 Å². The van der Waals surface area contributed by atoms with Gasteiger partial charge in [0.2, 0.25) is 0 Å². The highest BCUT2D eigenvalue weighted by Gasteiger charge is 2.30. The summed E-state index contributed by atoms with van der Waals surface area (Å²) in [6.45, 7) is 15.8. The molecule has 170 valence electrons. The molecule has 0 heteroatoms. The monoisotopic (exact) mass is 410 g/mol. The lowest BCUT2D eigenvalue weighted by molar-refractivity contribution is 0.217. The van der Waals surface area contributed by atoms with Crippen LogP contribution in [0.5, 0.6) is 0 Å². The second kappa shape index (κ2) is 14.7. The highest BCUT2D eigenvalue weighted by Crippen LogP contribution is 2.44. The average molecular weight is 411 g/mol. The molecule has 0 amide bonds. The van der Waals surface area contributed by atoms with Gasteiger partial charge in [-0.15, -0.1) is 0 Å². The van der Waals surface area contributed by atoms with Gasteiger partial charge in [0.25, 0.3) is 0 Å². The smallest absolute Gasteiger partial charge is 0.0257 e. The van der Waals surface area contributed by atoms with Crippen LogP contribution in [0.2, 0.25) is 0 Å². The summed E-state index contributed by atoms with van der Waals surface area (Å²) in [7, 11) is 0. The van der Waals surface area contributed by atoms with Gasteiger partial charge in [-0.05, 0) is 118 Å². The van der Waals surface area contributed by atoms with Gasteiger partial charge in [0.05, 0.1) is 0 Å². The lowest BCUT2D eigenvalue weighted by atomic mass is 9.68. The maximum atomic E-state index is 2.56. The van der Waals surface area contributed by atoms with Crippen LogP contribution in [0.25, 0.3) is 0 Å². The molecule has 1 aliphatic rings. The van der Waals surface area contributed by atoms with Crippen LogP contribution in [0.4, 0.5) is 0 Å². The molecule has 0 spiro atoms. The molecule has 1 atom stereocenters. The molecule has 0 bridgehead atoms. The third-order valence-corrected chi connectivity index (χ3v) is 6.77. The van der Waals surface area contributed by atoms with Gasteiger partial charge in [-0.2, -0.15) is 0 Å². The van der Waals surface area contributed by atoms with Gasteiger partial charge in [-0.1, -0.05) is 71.6 Å². The van der Waals surface area contributed by atoms with E-state index in [4.69, 9.17) is 0 Å². The Bertz CT molecular complexity index is 642. The van der Waals surface area contributed by atoms with Gasteiger partial charge in [-0.25, -0.2) is 0 Å². The van der Waals surface area contributed by atoms with Crippen molar-refractivity contribution in [3.63, 3.8) is 0 Å². The van der Waals surface area contributed by atoms with Crippen LogP contribution in [0.1, 0.15) is 126 Å². The van der Waals surface area contributed by atoms with Crippen LogP contribution >= 0.6 is 0 Å². The Morgan fingerprint density at radius 1 is 0.800 bits per heavy atom. The molecule has 0 fully saturated rings. The molecular formula is C30H50. The van der Waals surface area contributed by atoms with Crippen LogP contribution in [-0.2, 0) is 0 Å². The summed E-state index contributed by atoms with van der Waals surface area (Å²) in [6.07, 6.45) is 27.5.